The van der Waals surface area contributed by atoms with Crippen LogP contribution in [0.1, 0.15) is 74.1 Å². The normalized spacial score (nSPS) is 18.0. The van der Waals surface area contributed by atoms with Crippen molar-refractivity contribution in [1.29, 1.82) is 5.26 Å². The lowest BCUT2D eigenvalue weighted by Gasteiger charge is -2.50. The van der Waals surface area contributed by atoms with Crippen LogP contribution in [0.4, 0.5) is 5.82 Å². The van der Waals surface area contributed by atoms with Gasteiger partial charge in [0.25, 0.3) is 5.91 Å². The summed E-state index contributed by atoms with van der Waals surface area (Å²) in [5.41, 5.74) is 7.69. The summed E-state index contributed by atoms with van der Waals surface area (Å²) in [4.78, 5) is 28.1. The molecule has 5 rings (SSSR count). The number of likely N-dealkylation sites (tertiary alicyclic amines) is 1. The van der Waals surface area contributed by atoms with Gasteiger partial charge in [-0.3, -0.25) is 9.69 Å². The zero-order chi connectivity index (χ0) is 34.7. The Hall–Kier alpha value is -4.68. The number of nitrogen functional groups attached to an aromatic ring is 1. The lowest BCUT2D eigenvalue weighted by atomic mass is 9.69. The molecule has 1 saturated heterocycles. The lowest BCUT2D eigenvalue weighted by molar-refractivity contribution is -0.141. The number of aromatic nitrogens is 3. The number of rotatable bonds is 12. The molecule has 252 valence electrons. The number of nitrogens with zero attached hydrogens (tertiary/aromatic N) is 6. The van der Waals surface area contributed by atoms with E-state index in [0.717, 1.165) is 60.4 Å². The largest absolute Gasteiger partial charge is 0.457 e. The number of hydrogen-bond donors (Lipinski definition) is 1. The van der Waals surface area contributed by atoms with Gasteiger partial charge in [0.15, 0.2) is 0 Å². The molecule has 1 aliphatic heterocycles. The molecule has 4 aromatic rings. The monoisotopic (exact) mass is 647 g/mol. The van der Waals surface area contributed by atoms with Crippen LogP contribution in [0, 0.1) is 16.7 Å². The van der Waals surface area contributed by atoms with Crippen LogP contribution in [0.15, 0.2) is 78.8 Å². The van der Waals surface area contributed by atoms with Gasteiger partial charge in [0.1, 0.15) is 46.6 Å². The van der Waals surface area contributed by atoms with Crippen molar-refractivity contribution in [2.24, 2.45) is 5.41 Å². The van der Waals surface area contributed by atoms with Crippen molar-refractivity contribution in [1.82, 2.24) is 24.3 Å². The molecule has 0 spiro atoms. The lowest BCUT2D eigenvalue weighted by Crippen LogP contribution is -2.57. The van der Waals surface area contributed by atoms with Crippen molar-refractivity contribution < 1.29 is 9.53 Å². The van der Waals surface area contributed by atoms with E-state index in [-0.39, 0.29) is 16.9 Å². The minimum atomic E-state index is -0.809. The summed E-state index contributed by atoms with van der Waals surface area (Å²) in [6.07, 6.45) is 8.55. The maximum absolute atomic E-state index is 14.7. The Morgan fingerprint density at radius 1 is 1.00 bits per heavy atom. The summed E-state index contributed by atoms with van der Waals surface area (Å²) in [6.45, 7) is 17.0. The van der Waals surface area contributed by atoms with Gasteiger partial charge < -0.3 is 19.9 Å². The summed E-state index contributed by atoms with van der Waals surface area (Å²) < 4.78 is 8.23. The average Bonchev–Trinajstić information content (AvgIpc) is 3.66. The SMILES string of the molecule is CCN(CC)C(C)(C)C=C(C#N)C(=O)N1CCC(CC)(CC)[C@]1(CC)n1cc(-c2ccc(Oc3ccccc3)cc2)c2c(N)ncnc21. The molecule has 0 bridgehead atoms. The van der Waals surface area contributed by atoms with Gasteiger partial charge in [0.2, 0.25) is 0 Å². The van der Waals surface area contributed by atoms with Crippen LogP contribution in [0.25, 0.3) is 22.2 Å². The zero-order valence-electron chi connectivity index (χ0n) is 29.5. The number of likely N-dealkylation sites (N-methyl/N-ethyl adjacent to an activating group) is 1. The number of benzene rings is 2. The number of ether oxygens (including phenoxy) is 1. The number of nitriles is 1. The van der Waals surface area contributed by atoms with Gasteiger partial charge in [-0.15, -0.1) is 0 Å². The molecule has 2 N–H and O–H groups in total. The Kier molecular flexibility index (Phi) is 9.97. The third-order valence-electron chi connectivity index (χ3n) is 10.8. The molecule has 2 aromatic carbocycles. The molecule has 0 aliphatic carbocycles. The highest BCUT2D eigenvalue weighted by Crippen LogP contribution is 2.57. The fraction of sp³-hybridized carbons (Fsp3) is 0.436. The van der Waals surface area contributed by atoms with Gasteiger partial charge in [-0.05, 0) is 88.5 Å². The Morgan fingerprint density at radius 3 is 2.23 bits per heavy atom. The van der Waals surface area contributed by atoms with E-state index in [9.17, 15) is 10.1 Å². The maximum atomic E-state index is 14.7. The first-order chi connectivity index (χ1) is 23.1. The first-order valence-electron chi connectivity index (χ1n) is 17.2. The van der Waals surface area contributed by atoms with Crippen molar-refractivity contribution in [2.75, 3.05) is 25.4 Å². The van der Waals surface area contributed by atoms with E-state index in [1.807, 2.05) is 65.6 Å². The fourth-order valence-electron chi connectivity index (χ4n) is 8.24. The first-order valence-corrected chi connectivity index (χ1v) is 17.2. The van der Waals surface area contributed by atoms with Gasteiger partial charge >= 0.3 is 0 Å². The molecule has 48 heavy (non-hydrogen) atoms. The average molecular weight is 648 g/mol. The first kappa shape index (κ1) is 34.6. The topological polar surface area (TPSA) is 113 Å². The van der Waals surface area contributed by atoms with Crippen LogP contribution >= 0.6 is 0 Å². The molecule has 2 aromatic heterocycles. The highest BCUT2D eigenvalue weighted by Gasteiger charge is 2.60. The standard InChI is InChI=1S/C39H49N7O2/c1-8-38(9-2)22-23-45(36(47)29(25-40)24-37(6,7)44(11-4)12-5)39(38,10-3)46-26-32(33-34(41)42-27-43-35(33)46)28-18-20-31(21-19-28)48-30-16-14-13-15-17-30/h13-21,24,26-27H,8-12,22-23H2,1-7H3,(H2,41,42,43)/t39-/m0/s1. The van der Waals surface area contributed by atoms with Crippen LogP contribution in [-0.2, 0) is 10.5 Å². The summed E-state index contributed by atoms with van der Waals surface area (Å²) >= 11 is 0. The molecular formula is C39H49N7O2. The van der Waals surface area contributed by atoms with E-state index in [2.05, 4.69) is 75.2 Å². The molecule has 9 nitrogen and oxygen atoms in total. The molecule has 1 fully saturated rings. The number of amides is 1. The number of carbonyl (C=O) groups is 1. The van der Waals surface area contributed by atoms with Crippen LogP contribution in [0.2, 0.25) is 0 Å². The summed E-state index contributed by atoms with van der Waals surface area (Å²) in [5.74, 6) is 1.60. The molecule has 3 heterocycles. The minimum Gasteiger partial charge on any atom is -0.457 e. The summed E-state index contributed by atoms with van der Waals surface area (Å²) in [7, 11) is 0. The van der Waals surface area contributed by atoms with Gasteiger partial charge in [0, 0.05) is 29.3 Å². The molecule has 0 saturated carbocycles. The smallest absolute Gasteiger partial charge is 0.266 e. The highest BCUT2D eigenvalue weighted by atomic mass is 16.5. The summed E-state index contributed by atoms with van der Waals surface area (Å²) in [5, 5.41) is 11.2. The second-order valence-corrected chi connectivity index (χ2v) is 13.2. The fourth-order valence-corrected chi connectivity index (χ4v) is 8.24. The van der Waals surface area contributed by atoms with Gasteiger partial charge in [-0.2, -0.15) is 5.26 Å². The number of fused-ring (bicyclic) bond motifs is 1. The Bertz CT molecular complexity index is 1810. The molecule has 0 unspecified atom stereocenters. The Labute approximate surface area is 285 Å². The van der Waals surface area contributed by atoms with Crippen molar-refractivity contribution in [3.8, 4) is 28.7 Å². The van der Waals surface area contributed by atoms with Crippen LogP contribution in [0.5, 0.6) is 11.5 Å². The number of carbonyl (C=O) groups excluding carboxylic acids is 1. The van der Waals surface area contributed by atoms with E-state index in [1.165, 1.54) is 6.33 Å². The molecule has 0 radical (unpaired) electrons. The highest BCUT2D eigenvalue weighted by molar-refractivity contribution is 6.01. The van der Waals surface area contributed by atoms with Crippen molar-refractivity contribution in [3.05, 3.63) is 78.8 Å². The number of anilines is 1. The number of nitrogens with two attached hydrogens (primary N) is 1. The third kappa shape index (κ3) is 5.73. The molecular weight excluding hydrogens is 598 g/mol. The Morgan fingerprint density at radius 2 is 1.65 bits per heavy atom. The predicted molar refractivity (Wildman–Crippen MR) is 192 cm³/mol. The van der Waals surface area contributed by atoms with Crippen molar-refractivity contribution in [3.63, 3.8) is 0 Å². The van der Waals surface area contributed by atoms with Crippen LogP contribution in [-0.4, -0.2) is 55.4 Å². The Balaban J connectivity index is 1.68. The quantitative estimate of drug-likeness (QED) is 0.122. The van der Waals surface area contributed by atoms with E-state index in [1.54, 1.807) is 0 Å². The van der Waals surface area contributed by atoms with Crippen LogP contribution in [0.3, 0.4) is 0 Å². The minimum absolute atomic E-state index is 0.160. The molecule has 1 atom stereocenters. The van der Waals surface area contributed by atoms with Crippen LogP contribution < -0.4 is 10.5 Å². The van der Waals surface area contributed by atoms with Gasteiger partial charge in [-0.25, -0.2) is 9.97 Å². The van der Waals surface area contributed by atoms with Crippen molar-refractivity contribution in [2.45, 2.75) is 85.4 Å². The van der Waals surface area contributed by atoms with Crippen molar-refractivity contribution >= 4 is 22.8 Å². The van der Waals surface area contributed by atoms with E-state index in [4.69, 9.17) is 15.5 Å². The number of para-hydroxylation sites is 1. The van der Waals surface area contributed by atoms with E-state index < -0.39 is 11.2 Å². The molecule has 1 aliphatic rings. The number of hydrogen-bond acceptors (Lipinski definition) is 7. The van der Waals surface area contributed by atoms with Gasteiger partial charge in [0.05, 0.1) is 5.39 Å². The zero-order valence-corrected chi connectivity index (χ0v) is 29.5. The third-order valence-corrected chi connectivity index (χ3v) is 10.8. The predicted octanol–water partition coefficient (Wildman–Crippen LogP) is 8.14. The maximum Gasteiger partial charge on any atom is 0.266 e. The second kappa shape index (κ2) is 13.8. The van der Waals surface area contributed by atoms with E-state index >= 15 is 0 Å². The van der Waals surface area contributed by atoms with E-state index in [0.29, 0.717) is 24.4 Å². The molecule has 9 heteroatoms. The summed E-state index contributed by atoms with van der Waals surface area (Å²) in [6, 6.07) is 19.9. The molecule has 1 amide bonds. The van der Waals surface area contributed by atoms with Gasteiger partial charge in [-0.1, -0.05) is 65.0 Å². The second-order valence-electron chi connectivity index (χ2n) is 13.2.